The number of carbonyl (C=O) groups excluding carboxylic acids is 1. The highest BCUT2D eigenvalue weighted by Crippen LogP contribution is 2.38. The Bertz CT molecular complexity index is 270. The molecule has 0 atom stereocenters. The highest BCUT2D eigenvalue weighted by atomic mass is 16.2. The van der Waals surface area contributed by atoms with Crippen molar-refractivity contribution in [3.63, 3.8) is 0 Å². The van der Waals surface area contributed by atoms with Crippen molar-refractivity contribution >= 4 is 5.91 Å². The molecule has 0 radical (unpaired) electrons. The Balaban J connectivity index is 1.51. The maximum atomic E-state index is 12.0. The molecule has 3 aliphatic rings. The van der Waals surface area contributed by atoms with Crippen LogP contribution < -0.4 is 5.32 Å². The van der Waals surface area contributed by atoms with E-state index in [9.17, 15) is 4.79 Å². The second kappa shape index (κ2) is 4.02. The monoisotopic (exact) mass is 222 g/mol. The van der Waals surface area contributed by atoms with E-state index in [0.717, 1.165) is 25.4 Å². The van der Waals surface area contributed by atoms with Crippen molar-refractivity contribution in [1.29, 1.82) is 0 Å². The third-order valence-electron chi connectivity index (χ3n) is 4.67. The van der Waals surface area contributed by atoms with Gasteiger partial charge >= 0.3 is 0 Å². The molecular formula is C13H22N2O. The molecule has 16 heavy (non-hydrogen) atoms. The molecular weight excluding hydrogens is 200 g/mol. The van der Waals surface area contributed by atoms with Crippen LogP contribution in [-0.2, 0) is 4.79 Å². The van der Waals surface area contributed by atoms with Gasteiger partial charge in [-0.15, -0.1) is 0 Å². The molecule has 1 N–H and O–H groups in total. The summed E-state index contributed by atoms with van der Waals surface area (Å²) in [7, 11) is 0. The third-order valence-corrected chi connectivity index (χ3v) is 4.67. The number of piperidine rings is 1. The number of carbonyl (C=O) groups is 1. The Morgan fingerprint density at radius 1 is 1.25 bits per heavy atom. The molecule has 3 rings (SSSR count). The topological polar surface area (TPSA) is 32.3 Å². The first-order valence-electron chi connectivity index (χ1n) is 6.76. The SMILES string of the molecule is O=C(CC1CC1)N1CCC2(CCNC2)CC1. The Morgan fingerprint density at radius 2 is 2.00 bits per heavy atom. The first-order valence-corrected chi connectivity index (χ1v) is 6.76. The van der Waals surface area contributed by atoms with Crippen molar-refractivity contribution in [2.45, 2.75) is 38.5 Å². The van der Waals surface area contributed by atoms with Crippen molar-refractivity contribution < 1.29 is 4.79 Å². The minimum Gasteiger partial charge on any atom is -0.343 e. The maximum absolute atomic E-state index is 12.0. The molecule has 3 fully saturated rings. The van der Waals surface area contributed by atoms with Crippen molar-refractivity contribution in [2.75, 3.05) is 26.2 Å². The fraction of sp³-hybridized carbons (Fsp3) is 0.923. The van der Waals surface area contributed by atoms with Crippen molar-refractivity contribution in [2.24, 2.45) is 11.3 Å². The van der Waals surface area contributed by atoms with Gasteiger partial charge in [0.25, 0.3) is 0 Å². The molecule has 3 heteroatoms. The average molecular weight is 222 g/mol. The van der Waals surface area contributed by atoms with E-state index in [4.69, 9.17) is 0 Å². The van der Waals surface area contributed by atoms with Gasteiger partial charge in [0.1, 0.15) is 0 Å². The average Bonchev–Trinajstić information content (AvgIpc) is 3.00. The number of nitrogens with zero attached hydrogens (tertiary/aromatic N) is 1. The highest BCUT2D eigenvalue weighted by molar-refractivity contribution is 5.76. The molecule has 2 heterocycles. The minimum absolute atomic E-state index is 0.420. The van der Waals surface area contributed by atoms with Crippen LogP contribution in [0.15, 0.2) is 0 Å². The summed E-state index contributed by atoms with van der Waals surface area (Å²) < 4.78 is 0. The molecule has 1 amide bonds. The lowest BCUT2D eigenvalue weighted by Gasteiger charge is -2.39. The quantitative estimate of drug-likeness (QED) is 0.765. The number of amides is 1. The number of likely N-dealkylation sites (tertiary alicyclic amines) is 1. The van der Waals surface area contributed by atoms with Crippen LogP contribution in [0.3, 0.4) is 0 Å². The summed E-state index contributed by atoms with van der Waals surface area (Å²) >= 11 is 0. The van der Waals surface area contributed by atoms with Crippen LogP contribution in [-0.4, -0.2) is 37.0 Å². The van der Waals surface area contributed by atoms with Crippen LogP contribution in [0.1, 0.15) is 38.5 Å². The van der Waals surface area contributed by atoms with E-state index < -0.39 is 0 Å². The summed E-state index contributed by atoms with van der Waals surface area (Å²) in [6.07, 6.45) is 7.15. The van der Waals surface area contributed by atoms with E-state index >= 15 is 0 Å². The molecule has 1 saturated carbocycles. The Morgan fingerprint density at radius 3 is 2.56 bits per heavy atom. The lowest BCUT2D eigenvalue weighted by Crippen LogP contribution is -2.44. The number of rotatable bonds is 2. The number of hydrogen-bond donors (Lipinski definition) is 1. The van der Waals surface area contributed by atoms with Gasteiger partial charge in [-0.2, -0.15) is 0 Å². The first-order chi connectivity index (χ1) is 7.77. The molecule has 0 aromatic heterocycles. The fourth-order valence-electron chi connectivity index (χ4n) is 3.15. The molecule has 0 bridgehead atoms. The molecule has 2 saturated heterocycles. The summed E-state index contributed by atoms with van der Waals surface area (Å²) in [5, 5.41) is 3.47. The van der Waals surface area contributed by atoms with Gasteiger partial charge in [-0.25, -0.2) is 0 Å². The number of nitrogens with one attached hydrogen (secondary N) is 1. The Hall–Kier alpha value is -0.570. The third kappa shape index (κ3) is 2.10. The maximum Gasteiger partial charge on any atom is 0.222 e. The molecule has 90 valence electrons. The van der Waals surface area contributed by atoms with E-state index in [-0.39, 0.29) is 0 Å². The zero-order valence-electron chi connectivity index (χ0n) is 10.0. The fourth-order valence-corrected chi connectivity index (χ4v) is 3.15. The second-order valence-corrected chi connectivity index (χ2v) is 5.96. The molecule has 1 aliphatic carbocycles. The standard InChI is InChI=1S/C13H22N2O/c16-12(9-11-1-2-11)15-7-4-13(5-8-15)3-6-14-10-13/h11,14H,1-10H2. The van der Waals surface area contributed by atoms with Crippen LogP contribution in [0.5, 0.6) is 0 Å². The van der Waals surface area contributed by atoms with Gasteiger partial charge < -0.3 is 10.2 Å². The molecule has 0 unspecified atom stereocenters. The van der Waals surface area contributed by atoms with Gasteiger partial charge in [0.15, 0.2) is 0 Å². The molecule has 2 aliphatic heterocycles. The van der Waals surface area contributed by atoms with Crippen LogP contribution in [0.4, 0.5) is 0 Å². The first kappa shape index (κ1) is 10.6. The smallest absolute Gasteiger partial charge is 0.222 e. The lowest BCUT2D eigenvalue weighted by molar-refractivity contribution is -0.133. The van der Waals surface area contributed by atoms with Crippen LogP contribution in [0.2, 0.25) is 0 Å². The van der Waals surface area contributed by atoms with Crippen LogP contribution >= 0.6 is 0 Å². The van der Waals surface area contributed by atoms with Gasteiger partial charge in [-0.3, -0.25) is 4.79 Å². The van der Waals surface area contributed by atoms with Crippen LogP contribution in [0.25, 0.3) is 0 Å². The van der Waals surface area contributed by atoms with Gasteiger partial charge in [-0.1, -0.05) is 0 Å². The summed E-state index contributed by atoms with van der Waals surface area (Å²) in [6, 6.07) is 0. The zero-order chi connectivity index (χ0) is 11.0. The van der Waals surface area contributed by atoms with Gasteiger partial charge in [0, 0.05) is 26.1 Å². The van der Waals surface area contributed by atoms with Crippen molar-refractivity contribution in [1.82, 2.24) is 10.2 Å². The molecule has 0 aromatic rings. The predicted molar refractivity (Wildman–Crippen MR) is 63.1 cm³/mol. The van der Waals surface area contributed by atoms with E-state index in [1.807, 2.05) is 0 Å². The Labute approximate surface area is 97.6 Å². The van der Waals surface area contributed by atoms with E-state index in [1.165, 1.54) is 45.2 Å². The molecule has 3 nitrogen and oxygen atoms in total. The zero-order valence-corrected chi connectivity index (χ0v) is 10.0. The van der Waals surface area contributed by atoms with E-state index in [1.54, 1.807) is 0 Å². The minimum atomic E-state index is 0.420. The van der Waals surface area contributed by atoms with Gasteiger partial charge in [0.2, 0.25) is 5.91 Å². The van der Waals surface area contributed by atoms with E-state index in [0.29, 0.717) is 11.3 Å². The summed E-state index contributed by atoms with van der Waals surface area (Å²) in [4.78, 5) is 14.1. The largest absolute Gasteiger partial charge is 0.343 e. The number of hydrogen-bond acceptors (Lipinski definition) is 2. The van der Waals surface area contributed by atoms with Crippen LogP contribution in [0, 0.1) is 11.3 Å². The second-order valence-electron chi connectivity index (χ2n) is 5.96. The summed E-state index contributed by atoms with van der Waals surface area (Å²) in [6.45, 7) is 4.37. The lowest BCUT2D eigenvalue weighted by atomic mass is 9.78. The molecule has 1 spiro atoms. The van der Waals surface area contributed by atoms with Gasteiger partial charge in [0.05, 0.1) is 0 Å². The highest BCUT2D eigenvalue weighted by Gasteiger charge is 2.38. The predicted octanol–water partition coefficient (Wildman–Crippen LogP) is 1.39. The summed E-state index contributed by atoms with van der Waals surface area (Å²) in [5.74, 6) is 1.15. The normalized spacial score (nSPS) is 28.6. The van der Waals surface area contributed by atoms with Crippen molar-refractivity contribution in [3.8, 4) is 0 Å². The van der Waals surface area contributed by atoms with Crippen molar-refractivity contribution in [3.05, 3.63) is 0 Å². The van der Waals surface area contributed by atoms with Gasteiger partial charge in [-0.05, 0) is 50.0 Å². The van der Waals surface area contributed by atoms with E-state index in [2.05, 4.69) is 10.2 Å². The summed E-state index contributed by atoms with van der Waals surface area (Å²) in [5.41, 5.74) is 0.538. The Kier molecular flexibility index (Phi) is 2.66. The molecule has 0 aromatic carbocycles.